The minimum Gasteiger partial charge on any atom is -0.316 e. The Morgan fingerprint density at radius 1 is 1.12 bits per heavy atom. The summed E-state index contributed by atoms with van der Waals surface area (Å²) in [6.45, 7) is 13.1. The van der Waals surface area contributed by atoms with Crippen LogP contribution in [0.15, 0.2) is 0 Å². The first-order valence-corrected chi connectivity index (χ1v) is 7.54. The summed E-state index contributed by atoms with van der Waals surface area (Å²) in [5.41, 5.74) is 0. The Labute approximate surface area is 107 Å². The van der Waals surface area contributed by atoms with E-state index >= 15 is 0 Å². The molecule has 1 aliphatic heterocycles. The maximum Gasteiger partial charge on any atom is 0.0108 e. The molecule has 4 atom stereocenters. The molecule has 2 fully saturated rings. The van der Waals surface area contributed by atoms with E-state index in [1.165, 1.54) is 32.4 Å². The second-order valence-electron chi connectivity index (χ2n) is 6.80. The highest BCUT2D eigenvalue weighted by Crippen LogP contribution is 2.39. The highest BCUT2D eigenvalue weighted by Gasteiger charge is 2.40. The van der Waals surface area contributed by atoms with Crippen LogP contribution in [0.3, 0.4) is 0 Å². The van der Waals surface area contributed by atoms with Crippen molar-refractivity contribution in [3.05, 3.63) is 0 Å². The van der Waals surface area contributed by atoms with Crippen LogP contribution in [0.1, 0.15) is 47.0 Å². The smallest absolute Gasteiger partial charge is 0.0108 e. The van der Waals surface area contributed by atoms with Crippen LogP contribution in [0.5, 0.6) is 0 Å². The number of nitrogens with zero attached hydrogens (tertiary/aromatic N) is 1. The number of piperidine rings is 1. The Kier molecular flexibility index (Phi) is 4.48. The molecule has 1 aliphatic carbocycles. The number of likely N-dealkylation sites (tertiary alicyclic amines) is 1. The molecule has 2 nitrogen and oxygen atoms in total. The lowest BCUT2D eigenvalue weighted by molar-refractivity contribution is 0.120. The fourth-order valence-corrected chi connectivity index (χ4v) is 3.56. The van der Waals surface area contributed by atoms with Crippen molar-refractivity contribution in [2.75, 3.05) is 19.6 Å². The van der Waals surface area contributed by atoms with Crippen LogP contribution in [0.2, 0.25) is 0 Å². The summed E-state index contributed by atoms with van der Waals surface area (Å²) in [6, 6.07) is 1.67. The summed E-state index contributed by atoms with van der Waals surface area (Å²) in [4.78, 5) is 2.79. The molecule has 2 heteroatoms. The zero-order chi connectivity index (χ0) is 12.4. The molecule has 1 heterocycles. The fraction of sp³-hybridized carbons (Fsp3) is 1.00. The molecule has 100 valence electrons. The van der Waals surface area contributed by atoms with E-state index in [1.807, 2.05) is 0 Å². The number of nitrogens with one attached hydrogen (secondary N) is 1. The first-order chi connectivity index (χ1) is 8.08. The third kappa shape index (κ3) is 3.23. The van der Waals surface area contributed by atoms with Crippen LogP contribution in [0.4, 0.5) is 0 Å². The molecule has 0 aromatic rings. The second kappa shape index (κ2) is 5.71. The van der Waals surface area contributed by atoms with E-state index < -0.39 is 0 Å². The predicted molar refractivity (Wildman–Crippen MR) is 74.2 cm³/mol. The number of rotatable bonds is 6. The Hall–Kier alpha value is -0.0800. The van der Waals surface area contributed by atoms with Gasteiger partial charge in [-0.3, -0.25) is 4.90 Å². The standard InChI is InChI=1S/C15H30N2/c1-11(2)8-16-9-12(3)13(4)17-10-14-5-6-15(17)7-14/h11-16H,5-10H2,1-4H3. The zero-order valence-electron chi connectivity index (χ0n) is 12.1. The molecule has 1 N–H and O–H groups in total. The van der Waals surface area contributed by atoms with Gasteiger partial charge in [0.2, 0.25) is 0 Å². The van der Waals surface area contributed by atoms with E-state index in [1.54, 1.807) is 0 Å². The molecular weight excluding hydrogens is 208 g/mol. The Bertz CT molecular complexity index is 239. The SMILES string of the molecule is CC(C)CNCC(C)C(C)N1CC2CCC1C2. The predicted octanol–water partition coefficient (Wildman–Crippen LogP) is 2.74. The van der Waals surface area contributed by atoms with Crippen LogP contribution in [-0.2, 0) is 0 Å². The number of fused-ring (bicyclic) bond motifs is 2. The highest BCUT2D eigenvalue weighted by molar-refractivity contribution is 4.95. The normalized spacial score (nSPS) is 32.3. The fourth-order valence-electron chi connectivity index (χ4n) is 3.56. The van der Waals surface area contributed by atoms with Crippen molar-refractivity contribution in [3.8, 4) is 0 Å². The van der Waals surface area contributed by atoms with Crippen molar-refractivity contribution in [3.63, 3.8) is 0 Å². The third-order valence-electron chi connectivity index (χ3n) is 4.82. The molecule has 0 amide bonds. The molecular formula is C15H30N2. The maximum atomic E-state index is 3.61. The minimum atomic E-state index is 0.755. The van der Waals surface area contributed by atoms with Crippen LogP contribution in [0, 0.1) is 17.8 Å². The van der Waals surface area contributed by atoms with Gasteiger partial charge in [-0.25, -0.2) is 0 Å². The van der Waals surface area contributed by atoms with Crippen LogP contribution in [-0.4, -0.2) is 36.6 Å². The summed E-state index contributed by atoms with van der Waals surface area (Å²) in [5.74, 6) is 2.56. The van der Waals surface area contributed by atoms with Gasteiger partial charge >= 0.3 is 0 Å². The second-order valence-corrected chi connectivity index (χ2v) is 6.80. The Morgan fingerprint density at radius 3 is 2.41 bits per heavy atom. The van der Waals surface area contributed by atoms with Gasteiger partial charge in [-0.15, -0.1) is 0 Å². The summed E-state index contributed by atoms with van der Waals surface area (Å²) in [7, 11) is 0. The number of hydrogen-bond acceptors (Lipinski definition) is 2. The first kappa shape index (κ1) is 13.4. The highest BCUT2D eigenvalue weighted by atomic mass is 15.2. The summed E-state index contributed by atoms with van der Waals surface area (Å²) in [5, 5.41) is 3.61. The lowest BCUT2D eigenvalue weighted by Crippen LogP contribution is -2.45. The molecule has 1 saturated heterocycles. The van der Waals surface area contributed by atoms with Gasteiger partial charge in [-0.1, -0.05) is 20.8 Å². The van der Waals surface area contributed by atoms with Crippen molar-refractivity contribution < 1.29 is 0 Å². The van der Waals surface area contributed by atoms with E-state index in [-0.39, 0.29) is 0 Å². The maximum absolute atomic E-state index is 3.61. The van der Waals surface area contributed by atoms with Crippen molar-refractivity contribution in [1.29, 1.82) is 0 Å². The van der Waals surface area contributed by atoms with Crippen LogP contribution in [0.25, 0.3) is 0 Å². The number of hydrogen-bond donors (Lipinski definition) is 1. The van der Waals surface area contributed by atoms with Crippen molar-refractivity contribution >= 4 is 0 Å². The average molecular weight is 238 g/mol. The van der Waals surface area contributed by atoms with Gasteiger partial charge in [0.25, 0.3) is 0 Å². The molecule has 2 rings (SSSR count). The molecule has 0 aromatic heterocycles. The van der Waals surface area contributed by atoms with Gasteiger partial charge in [-0.05, 0) is 57.0 Å². The molecule has 4 unspecified atom stereocenters. The Morgan fingerprint density at radius 2 is 1.88 bits per heavy atom. The van der Waals surface area contributed by atoms with E-state index in [2.05, 4.69) is 37.9 Å². The molecule has 1 saturated carbocycles. The van der Waals surface area contributed by atoms with Crippen molar-refractivity contribution in [1.82, 2.24) is 10.2 Å². The molecule has 2 aliphatic rings. The quantitative estimate of drug-likeness (QED) is 0.765. The van der Waals surface area contributed by atoms with E-state index in [4.69, 9.17) is 0 Å². The van der Waals surface area contributed by atoms with Crippen molar-refractivity contribution in [2.24, 2.45) is 17.8 Å². The molecule has 0 aromatic carbocycles. The molecule has 2 bridgehead atoms. The summed E-state index contributed by atoms with van der Waals surface area (Å²) < 4.78 is 0. The van der Waals surface area contributed by atoms with Crippen molar-refractivity contribution in [2.45, 2.75) is 59.0 Å². The lowest BCUT2D eigenvalue weighted by Gasteiger charge is -2.36. The lowest BCUT2D eigenvalue weighted by atomic mass is 9.99. The minimum absolute atomic E-state index is 0.755. The van der Waals surface area contributed by atoms with Gasteiger partial charge in [0.05, 0.1) is 0 Å². The summed E-state index contributed by atoms with van der Waals surface area (Å²) >= 11 is 0. The first-order valence-electron chi connectivity index (χ1n) is 7.54. The van der Waals surface area contributed by atoms with E-state index in [0.29, 0.717) is 0 Å². The third-order valence-corrected chi connectivity index (χ3v) is 4.82. The molecule has 0 radical (unpaired) electrons. The summed E-state index contributed by atoms with van der Waals surface area (Å²) in [6.07, 6.45) is 4.44. The largest absolute Gasteiger partial charge is 0.316 e. The molecule has 0 spiro atoms. The van der Waals surface area contributed by atoms with E-state index in [0.717, 1.165) is 36.4 Å². The van der Waals surface area contributed by atoms with Gasteiger partial charge in [0, 0.05) is 18.6 Å². The topological polar surface area (TPSA) is 15.3 Å². The van der Waals surface area contributed by atoms with Crippen LogP contribution < -0.4 is 5.32 Å². The van der Waals surface area contributed by atoms with Gasteiger partial charge in [-0.2, -0.15) is 0 Å². The average Bonchev–Trinajstić information content (AvgIpc) is 2.88. The van der Waals surface area contributed by atoms with Gasteiger partial charge in [0.1, 0.15) is 0 Å². The molecule has 17 heavy (non-hydrogen) atoms. The van der Waals surface area contributed by atoms with Gasteiger partial charge < -0.3 is 5.32 Å². The van der Waals surface area contributed by atoms with E-state index in [9.17, 15) is 0 Å². The van der Waals surface area contributed by atoms with Crippen LogP contribution >= 0.6 is 0 Å². The Balaban J connectivity index is 1.73. The monoisotopic (exact) mass is 238 g/mol. The zero-order valence-corrected chi connectivity index (χ0v) is 12.1. The van der Waals surface area contributed by atoms with Gasteiger partial charge in [0.15, 0.2) is 0 Å².